The van der Waals surface area contributed by atoms with Crippen molar-refractivity contribution in [3.05, 3.63) is 95.8 Å². The van der Waals surface area contributed by atoms with Gasteiger partial charge in [0.05, 0.1) is 12.8 Å². The molecule has 0 spiro atoms. The van der Waals surface area contributed by atoms with Crippen LogP contribution < -0.4 is 14.5 Å². The third-order valence-electron chi connectivity index (χ3n) is 5.44. The molecule has 1 saturated heterocycles. The second-order valence-electron chi connectivity index (χ2n) is 7.54. The number of piperazine rings is 1. The highest BCUT2D eigenvalue weighted by Crippen LogP contribution is 2.31. The van der Waals surface area contributed by atoms with Gasteiger partial charge in [-0.3, -0.25) is 19.4 Å². The summed E-state index contributed by atoms with van der Waals surface area (Å²) < 4.78 is 19.7. The molecule has 2 amide bonds. The molecule has 1 fully saturated rings. The molecule has 0 radical (unpaired) electrons. The summed E-state index contributed by atoms with van der Waals surface area (Å²) in [5, 5.41) is 0. The lowest BCUT2D eigenvalue weighted by Crippen LogP contribution is -2.61. The zero-order valence-corrected chi connectivity index (χ0v) is 17.9. The van der Waals surface area contributed by atoms with Gasteiger partial charge in [-0.1, -0.05) is 48.5 Å². The zero-order valence-electron chi connectivity index (χ0n) is 17.9. The Morgan fingerprint density at radius 2 is 1.62 bits per heavy atom. The average molecular weight is 430 g/mol. The summed E-state index contributed by atoms with van der Waals surface area (Å²) in [6.45, 7) is 1.56. The minimum Gasteiger partial charge on any atom is -0.497 e. The van der Waals surface area contributed by atoms with Gasteiger partial charge >= 0.3 is 0 Å². The van der Waals surface area contributed by atoms with Crippen LogP contribution in [0.5, 0.6) is 5.75 Å². The molecular weight excluding hydrogens is 407 g/mol. The number of hydrogen-bond acceptors (Lipinski definition) is 3. The molecule has 32 heavy (non-hydrogen) atoms. The molecule has 6 heteroatoms. The van der Waals surface area contributed by atoms with Gasteiger partial charge in [-0.05, 0) is 54.5 Å². The number of halogens is 1. The van der Waals surface area contributed by atoms with Crippen LogP contribution in [-0.4, -0.2) is 31.5 Å². The second-order valence-corrected chi connectivity index (χ2v) is 7.54. The maximum atomic E-state index is 14.5. The Bertz CT molecular complexity index is 1160. The van der Waals surface area contributed by atoms with Crippen molar-refractivity contribution in [2.24, 2.45) is 0 Å². The molecule has 1 atom stereocenters. The minimum absolute atomic E-state index is 0.0951. The number of benzene rings is 3. The highest BCUT2D eigenvalue weighted by atomic mass is 19.1. The molecule has 4 rings (SSSR count). The van der Waals surface area contributed by atoms with Crippen LogP contribution in [0.2, 0.25) is 0 Å². The summed E-state index contributed by atoms with van der Waals surface area (Å²) in [7, 11) is 1.56. The molecule has 5 nitrogen and oxygen atoms in total. The fourth-order valence-electron chi connectivity index (χ4n) is 3.89. The maximum Gasteiger partial charge on any atom is 0.255 e. The molecule has 162 valence electrons. The van der Waals surface area contributed by atoms with Crippen LogP contribution in [0.15, 0.2) is 84.4 Å². The highest BCUT2D eigenvalue weighted by molar-refractivity contribution is 6.16. The van der Waals surface area contributed by atoms with E-state index in [2.05, 4.69) is 0 Å². The summed E-state index contributed by atoms with van der Waals surface area (Å²) in [6, 6.07) is 21.6. The van der Waals surface area contributed by atoms with Crippen LogP contribution in [0.25, 0.3) is 6.08 Å². The van der Waals surface area contributed by atoms with Crippen molar-refractivity contribution in [1.82, 2.24) is 0 Å². The molecule has 3 aromatic carbocycles. The second kappa shape index (κ2) is 9.06. The predicted molar refractivity (Wildman–Crippen MR) is 123 cm³/mol. The van der Waals surface area contributed by atoms with E-state index in [1.807, 2.05) is 43.3 Å². The van der Waals surface area contributed by atoms with Crippen molar-refractivity contribution in [3.8, 4) is 5.75 Å². The lowest BCUT2D eigenvalue weighted by Gasteiger charge is -2.40. The van der Waals surface area contributed by atoms with Gasteiger partial charge in [0.15, 0.2) is 0 Å². The number of carbonyl (C=O) groups excluding carboxylic acids is 2. The van der Waals surface area contributed by atoms with Gasteiger partial charge < -0.3 is 4.74 Å². The van der Waals surface area contributed by atoms with Crippen LogP contribution in [0.4, 0.5) is 15.8 Å². The van der Waals surface area contributed by atoms with Gasteiger partial charge in [-0.2, -0.15) is 0 Å². The molecular formula is C26H23FN2O3. The number of carbonyl (C=O) groups is 2. The summed E-state index contributed by atoms with van der Waals surface area (Å²) in [6.07, 6.45) is 1.87. The summed E-state index contributed by atoms with van der Waals surface area (Å²) in [4.78, 5) is 29.7. The monoisotopic (exact) mass is 430 g/mol. The third kappa shape index (κ3) is 4.12. The summed E-state index contributed by atoms with van der Waals surface area (Å²) >= 11 is 0. The first-order valence-corrected chi connectivity index (χ1v) is 10.2. The van der Waals surface area contributed by atoms with E-state index in [-0.39, 0.29) is 24.0 Å². The molecule has 0 N–H and O–H groups in total. The standard InChI is InChI=1S/C26H23FN2O3/c1-18(16-19-8-4-3-5-9-19)25-26(31)28(23-11-7-6-10-22(23)27)17-24(30)29(25)20-12-14-21(32-2)15-13-20/h3-16,25H,17H2,1-2H3. The molecule has 0 saturated carbocycles. The van der Waals surface area contributed by atoms with Gasteiger partial charge in [-0.25, -0.2) is 4.39 Å². The number of anilines is 2. The SMILES string of the molecule is COc1ccc(N2C(=O)CN(c3ccccc3F)C(=O)C2C(C)=Cc2ccccc2)cc1. The topological polar surface area (TPSA) is 49.9 Å². The first-order valence-electron chi connectivity index (χ1n) is 10.2. The number of hydrogen-bond donors (Lipinski definition) is 0. The molecule has 1 heterocycles. The van der Waals surface area contributed by atoms with E-state index in [9.17, 15) is 14.0 Å². The minimum atomic E-state index is -0.913. The molecule has 1 aliphatic rings. The van der Waals surface area contributed by atoms with Gasteiger partial charge in [-0.15, -0.1) is 0 Å². The number of amides is 2. The first-order chi connectivity index (χ1) is 15.5. The molecule has 1 aliphatic heterocycles. The lowest BCUT2D eigenvalue weighted by molar-refractivity contribution is -0.127. The number of methoxy groups -OCH3 is 1. The van der Waals surface area contributed by atoms with E-state index in [1.54, 1.807) is 43.5 Å². The summed E-state index contributed by atoms with van der Waals surface area (Å²) in [5.74, 6) is -0.570. The Labute approximate surface area is 186 Å². The Morgan fingerprint density at radius 3 is 2.28 bits per heavy atom. The normalized spacial score (nSPS) is 17.0. The van der Waals surface area contributed by atoms with Gasteiger partial charge in [0.25, 0.3) is 5.91 Å². The average Bonchev–Trinajstić information content (AvgIpc) is 2.81. The smallest absolute Gasteiger partial charge is 0.255 e. The molecule has 3 aromatic rings. The van der Waals surface area contributed by atoms with Crippen LogP contribution in [-0.2, 0) is 9.59 Å². The third-order valence-corrected chi connectivity index (χ3v) is 5.44. The fourth-order valence-corrected chi connectivity index (χ4v) is 3.89. The molecule has 0 bridgehead atoms. The Balaban J connectivity index is 1.80. The van der Waals surface area contributed by atoms with Crippen molar-refractivity contribution in [3.63, 3.8) is 0 Å². The Kier molecular flexibility index (Phi) is 6.03. The number of ether oxygens (including phenoxy) is 1. The Hall–Kier alpha value is -3.93. The van der Waals surface area contributed by atoms with Crippen LogP contribution in [0, 0.1) is 5.82 Å². The number of para-hydroxylation sites is 1. The fraction of sp³-hybridized carbons (Fsp3) is 0.154. The number of rotatable bonds is 5. The van der Waals surface area contributed by atoms with Crippen LogP contribution >= 0.6 is 0 Å². The zero-order chi connectivity index (χ0) is 22.7. The largest absolute Gasteiger partial charge is 0.497 e. The Morgan fingerprint density at radius 1 is 0.969 bits per heavy atom. The van der Waals surface area contributed by atoms with Crippen molar-refractivity contribution in [1.29, 1.82) is 0 Å². The van der Waals surface area contributed by atoms with E-state index < -0.39 is 11.9 Å². The molecule has 0 aliphatic carbocycles. The van der Waals surface area contributed by atoms with Gasteiger partial charge in [0.2, 0.25) is 5.91 Å². The van der Waals surface area contributed by atoms with Crippen LogP contribution in [0.3, 0.4) is 0 Å². The van der Waals surface area contributed by atoms with Crippen molar-refractivity contribution in [2.45, 2.75) is 13.0 Å². The van der Waals surface area contributed by atoms with Crippen molar-refractivity contribution in [2.75, 3.05) is 23.5 Å². The maximum absolute atomic E-state index is 14.5. The summed E-state index contributed by atoms with van der Waals surface area (Å²) in [5.41, 5.74) is 2.25. The molecule has 1 unspecified atom stereocenters. The molecule has 0 aromatic heterocycles. The van der Waals surface area contributed by atoms with Crippen molar-refractivity contribution < 1.29 is 18.7 Å². The van der Waals surface area contributed by atoms with E-state index in [1.165, 1.54) is 21.9 Å². The first kappa shape index (κ1) is 21.3. The predicted octanol–water partition coefficient (Wildman–Crippen LogP) is 4.69. The van der Waals surface area contributed by atoms with E-state index in [4.69, 9.17) is 4.74 Å². The quantitative estimate of drug-likeness (QED) is 0.590. The van der Waals surface area contributed by atoms with Crippen LogP contribution in [0.1, 0.15) is 12.5 Å². The van der Waals surface area contributed by atoms with E-state index in [0.717, 1.165) is 5.56 Å². The van der Waals surface area contributed by atoms with Gasteiger partial charge in [0.1, 0.15) is 24.2 Å². The van der Waals surface area contributed by atoms with E-state index >= 15 is 0 Å². The van der Waals surface area contributed by atoms with E-state index in [0.29, 0.717) is 17.0 Å². The van der Waals surface area contributed by atoms with Crippen molar-refractivity contribution >= 4 is 29.3 Å². The number of nitrogens with zero attached hydrogens (tertiary/aromatic N) is 2. The lowest BCUT2D eigenvalue weighted by atomic mass is 9.98. The van der Waals surface area contributed by atoms with Gasteiger partial charge in [0, 0.05) is 5.69 Å². The highest BCUT2D eigenvalue weighted by Gasteiger charge is 2.42.